The van der Waals surface area contributed by atoms with Gasteiger partial charge in [0.15, 0.2) is 0 Å². The Bertz CT molecular complexity index is 442. The maximum Gasteiger partial charge on any atom is 0.103 e. The van der Waals surface area contributed by atoms with Crippen LogP contribution < -0.4 is 5.32 Å². The molecule has 0 heterocycles. The molecule has 1 aromatic rings. The maximum absolute atomic E-state index is 9.10. The minimum Gasteiger partial charge on any atom is -0.384 e. The highest BCUT2D eigenvalue weighted by atomic mass is 35.5. The molecular formula is C15H19ClN2. The zero-order valence-electron chi connectivity index (χ0n) is 10.7. The van der Waals surface area contributed by atoms with Crippen molar-refractivity contribution in [1.82, 2.24) is 0 Å². The third kappa shape index (κ3) is 3.17. The van der Waals surface area contributed by atoms with Gasteiger partial charge in [-0.05, 0) is 36.8 Å². The number of nitrogens with one attached hydrogen (secondary N) is 1. The third-order valence-electron chi connectivity index (χ3n) is 3.84. The monoisotopic (exact) mass is 262 g/mol. The molecule has 2 nitrogen and oxygen atoms in total. The number of benzene rings is 1. The molecule has 2 rings (SSSR count). The van der Waals surface area contributed by atoms with Crippen LogP contribution >= 0.6 is 11.6 Å². The standard InChI is InChI=1S/C15H19ClN2/c1-11-5-7-12(8-6-11)10-18-15-4-2-3-14(16)13(15)9-17/h2-4,11-12,18H,5-8,10H2,1H3. The molecule has 1 aliphatic carbocycles. The molecule has 0 aliphatic heterocycles. The number of halogens is 1. The van der Waals surface area contributed by atoms with E-state index in [0.29, 0.717) is 10.6 Å². The Morgan fingerprint density at radius 2 is 2.06 bits per heavy atom. The summed E-state index contributed by atoms with van der Waals surface area (Å²) >= 11 is 6.01. The minimum atomic E-state index is 0.528. The predicted molar refractivity (Wildman–Crippen MR) is 75.8 cm³/mol. The van der Waals surface area contributed by atoms with Gasteiger partial charge in [-0.1, -0.05) is 37.4 Å². The number of nitrogens with zero attached hydrogens (tertiary/aromatic N) is 1. The zero-order chi connectivity index (χ0) is 13.0. The molecule has 96 valence electrons. The van der Waals surface area contributed by atoms with Crippen LogP contribution in [0.3, 0.4) is 0 Å². The molecule has 3 heteroatoms. The van der Waals surface area contributed by atoms with Crippen LogP contribution in [0.4, 0.5) is 5.69 Å². The largest absolute Gasteiger partial charge is 0.384 e. The van der Waals surface area contributed by atoms with Gasteiger partial charge in [0, 0.05) is 6.54 Å². The van der Waals surface area contributed by atoms with E-state index in [1.165, 1.54) is 25.7 Å². The molecule has 1 aromatic carbocycles. The van der Waals surface area contributed by atoms with Gasteiger partial charge in [0.2, 0.25) is 0 Å². The summed E-state index contributed by atoms with van der Waals surface area (Å²) in [6, 6.07) is 7.73. The second-order valence-corrected chi connectivity index (χ2v) is 5.69. The van der Waals surface area contributed by atoms with E-state index in [1.807, 2.05) is 12.1 Å². The number of rotatable bonds is 3. The van der Waals surface area contributed by atoms with Crippen LogP contribution in [0.1, 0.15) is 38.2 Å². The first-order chi connectivity index (χ1) is 8.70. The van der Waals surface area contributed by atoms with Crippen LogP contribution in [0, 0.1) is 23.2 Å². The van der Waals surface area contributed by atoms with Crippen molar-refractivity contribution in [1.29, 1.82) is 5.26 Å². The quantitative estimate of drug-likeness (QED) is 0.874. The summed E-state index contributed by atoms with van der Waals surface area (Å²) in [5.74, 6) is 1.61. The number of hydrogen-bond acceptors (Lipinski definition) is 2. The normalized spacial score (nSPS) is 23.4. The van der Waals surface area contributed by atoms with Gasteiger partial charge in [0.05, 0.1) is 16.3 Å². The summed E-state index contributed by atoms with van der Waals surface area (Å²) in [5.41, 5.74) is 1.42. The summed E-state index contributed by atoms with van der Waals surface area (Å²) in [5, 5.41) is 13.0. The fourth-order valence-corrected chi connectivity index (χ4v) is 2.79. The van der Waals surface area contributed by atoms with Gasteiger partial charge in [0.25, 0.3) is 0 Å². The average Bonchev–Trinajstić information content (AvgIpc) is 2.38. The molecule has 1 N–H and O–H groups in total. The molecule has 0 amide bonds. The van der Waals surface area contributed by atoms with E-state index in [2.05, 4.69) is 18.3 Å². The number of nitriles is 1. The van der Waals surface area contributed by atoms with Crippen molar-refractivity contribution in [2.24, 2.45) is 11.8 Å². The van der Waals surface area contributed by atoms with Crippen LogP contribution in [-0.4, -0.2) is 6.54 Å². The molecule has 0 aromatic heterocycles. The Hall–Kier alpha value is -1.20. The van der Waals surface area contributed by atoms with E-state index in [0.717, 1.165) is 24.1 Å². The summed E-state index contributed by atoms with van der Waals surface area (Å²) < 4.78 is 0. The molecule has 1 saturated carbocycles. The Kier molecular flexibility index (Phi) is 4.49. The summed E-state index contributed by atoms with van der Waals surface area (Å²) in [4.78, 5) is 0. The molecule has 0 saturated heterocycles. The summed E-state index contributed by atoms with van der Waals surface area (Å²) in [6.45, 7) is 3.27. The highest BCUT2D eigenvalue weighted by molar-refractivity contribution is 6.32. The smallest absolute Gasteiger partial charge is 0.103 e. The molecule has 1 aliphatic rings. The van der Waals surface area contributed by atoms with Gasteiger partial charge in [-0.15, -0.1) is 0 Å². The Balaban J connectivity index is 1.95. The van der Waals surface area contributed by atoms with Gasteiger partial charge in [-0.25, -0.2) is 0 Å². The first-order valence-corrected chi connectivity index (χ1v) is 7.01. The number of anilines is 1. The van der Waals surface area contributed by atoms with Crippen molar-refractivity contribution < 1.29 is 0 Å². The van der Waals surface area contributed by atoms with Crippen molar-refractivity contribution >= 4 is 17.3 Å². The SMILES string of the molecule is CC1CCC(CNc2cccc(Cl)c2C#N)CC1. The molecule has 0 atom stereocenters. The highest BCUT2D eigenvalue weighted by Gasteiger charge is 2.18. The fraction of sp³-hybridized carbons (Fsp3) is 0.533. The average molecular weight is 263 g/mol. The van der Waals surface area contributed by atoms with Crippen LogP contribution in [0.2, 0.25) is 5.02 Å². The van der Waals surface area contributed by atoms with Crippen LogP contribution in [-0.2, 0) is 0 Å². The molecule has 0 unspecified atom stereocenters. The molecule has 0 bridgehead atoms. The Morgan fingerprint density at radius 3 is 2.72 bits per heavy atom. The Morgan fingerprint density at radius 1 is 1.33 bits per heavy atom. The topological polar surface area (TPSA) is 35.8 Å². The van der Waals surface area contributed by atoms with E-state index in [4.69, 9.17) is 16.9 Å². The van der Waals surface area contributed by atoms with E-state index >= 15 is 0 Å². The van der Waals surface area contributed by atoms with Crippen molar-refractivity contribution in [3.8, 4) is 6.07 Å². The van der Waals surface area contributed by atoms with Crippen LogP contribution in [0.25, 0.3) is 0 Å². The van der Waals surface area contributed by atoms with Crippen molar-refractivity contribution in [2.45, 2.75) is 32.6 Å². The van der Waals surface area contributed by atoms with Crippen molar-refractivity contribution in [2.75, 3.05) is 11.9 Å². The second kappa shape index (κ2) is 6.11. The predicted octanol–water partition coefficient (Wildman–Crippen LogP) is 4.45. The van der Waals surface area contributed by atoms with E-state index < -0.39 is 0 Å². The molecule has 0 spiro atoms. The molecular weight excluding hydrogens is 244 g/mol. The van der Waals surface area contributed by atoms with Gasteiger partial charge in [0.1, 0.15) is 6.07 Å². The van der Waals surface area contributed by atoms with Crippen LogP contribution in [0.5, 0.6) is 0 Å². The maximum atomic E-state index is 9.10. The summed E-state index contributed by atoms with van der Waals surface area (Å²) in [6.07, 6.45) is 5.23. The molecule has 18 heavy (non-hydrogen) atoms. The van der Waals surface area contributed by atoms with Gasteiger partial charge in [-0.3, -0.25) is 0 Å². The second-order valence-electron chi connectivity index (χ2n) is 5.28. The fourth-order valence-electron chi connectivity index (χ4n) is 2.57. The third-order valence-corrected chi connectivity index (χ3v) is 4.16. The Labute approximate surface area is 114 Å². The van der Waals surface area contributed by atoms with Gasteiger partial charge < -0.3 is 5.32 Å². The van der Waals surface area contributed by atoms with E-state index in [-0.39, 0.29) is 0 Å². The molecule has 0 radical (unpaired) electrons. The van der Waals surface area contributed by atoms with E-state index in [9.17, 15) is 0 Å². The minimum absolute atomic E-state index is 0.528. The van der Waals surface area contributed by atoms with Gasteiger partial charge >= 0.3 is 0 Å². The lowest BCUT2D eigenvalue weighted by Gasteiger charge is -2.26. The van der Waals surface area contributed by atoms with Crippen molar-refractivity contribution in [3.63, 3.8) is 0 Å². The van der Waals surface area contributed by atoms with Crippen molar-refractivity contribution in [3.05, 3.63) is 28.8 Å². The summed E-state index contributed by atoms with van der Waals surface area (Å²) in [7, 11) is 0. The highest BCUT2D eigenvalue weighted by Crippen LogP contribution is 2.29. The first-order valence-electron chi connectivity index (χ1n) is 6.63. The van der Waals surface area contributed by atoms with E-state index in [1.54, 1.807) is 6.07 Å². The lowest BCUT2D eigenvalue weighted by molar-refractivity contribution is 0.300. The molecule has 1 fully saturated rings. The van der Waals surface area contributed by atoms with Gasteiger partial charge in [-0.2, -0.15) is 5.26 Å². The number of hydrogen-bond donors (Lipinski definition) is 1. The van der Waals surface area contributed by atoms with Crippen LogP contribution in [0.15, 0.2) is 18.2 Å². The lowest BCUT2D eigenvalue weighted by Crippen LogP contribution is -2.20. The first kappa shape index (κ1) is 13.2. The zero-order valence-corrected chi connectivity index (χ0v) is 11.5. The lowest BCUT2D eigenvalue weighted by atomic mass is 9.83.